The largest absolute Gasteiger partial charge is 0.462 e. The summed E-state index contributed by atoms with van der Waals surface area (Å²) in [5, 5.41) is 2.83. The predicted molar refractivity (Wildman–Crippen MR) is 105 cm³/mol. The van der Waals surface area contributed by atoms with E-state index in [0.29, 0.717) is 16.8 Å². The number of carbonyl (C=O) groups excluding carboxylic acids is 2. The molecule has 7 nitrogen and oxygen atoms in total. The third-order valence-corrected chi connectivity index (χ3v) is 4.42. The lowest BCUT2D eigenvalue weighted by molar-refractivity contribution is 0.0526. The summed E-state index contributed by atoms with van der Waals surface area (Å²) in [6, 6.07) is 9.03. The zero-order valence-electron chi connectivity index (χ0n) is 15.0. The minimum atomic E-state index is -3.48. The number of hydrogen-bond donors (Lipinski definition) is 2. The van der Waals surface area contributed by atoms with Crippen molar-refractivity contribution in [3.8, 4) is 0 Å². The van der Waals surface area contributed by atoms with Gasteiger partial charge in [-0.3, -0.25) is 9.52 Å². The van der Waals surface area contributed by atoms with Gasteiger partial charge in [-0.15, -0.1) is 0 Å². The van der Waals surface area contributed by atoms with Crippen molar-refractivity contribution in [3.05, 3.63) is 58.1 Å². The van der Waals surface area contributed by atoms with Crippen molar-refractivity contribution in [1.82, 2.24) is 0 Å². The van der Waals surface area contributed by atoms with Gasteiger partial charge >= 0.3 is 5.97 Å². The predicted octanol–water partition coefficient (Wildman–Crippen LogP) is 3.45. The van der Waals surface area contributed by atoms with Crippen LogP contribution in [0.15, 0.2) is 36.4 Å². The molecule has 2 N–H and O–H groups in total. The average Bonchev–Trinajstić information content (AvgIpc) is 2.57. The Morgan fingerprint density at radius 3 is 2.26 bits per heavy atom. The highest BCUT2D eigenvalue weighted by molar-refractivity contribution is 7.92. The summed E-state index contributed by atoms with van der Waals surface area (Å²) in [4.78, 5) is 24.2. The molecular weight excluding hydrogens is 392 g/mol. The molecule has 0 spiro atoms. The third kappa shape index (κ3) is 5.70. The Hall–Kier alpha value is -2.58. The molecule has 9 heteroatoms. The highest BCUT2D eigenvalue weighted by Crippen LogP contribution is 2.25. The SMILES string of the molecule is CCOC(=O)c1ccc(NC(=O)c2ccc(NS(C)(=O)=O)c(Cl)c2)c(C)c1. The van der Waals surface area contributed by atoms with E-state index in [4.69, 9.17) is 16.3 Å². The minimum absolute atomic E-state index is 0.0995. The lowest BCUT2D eigenvalue weighted by Gasteiger charge is -2.11. The van der Waals surface area contributed by atoms with Gasteiger partial charge in [-0.2, -0.15) is 0 Å². The van der Waals surface area contributed by atoms with Crippen LogP contribution in [0.3, 0.4) is 0 Å². The second-order valence-electron chi connectivity index (χ2n) is 5.77. The Kier molecular flexibility index (Phi) is 6.45. The smallest absolute Gasteiger partial charge is 0.338 e. The van der Waals surface area contributed by atoms with Crippen molar-refractivity contribution in [2.24, 2.45) is 0 Å². The van der Waals surface area contributed by atoms with E-state index in [0.717, 1.165) is 6.26 Å². The molecule has 144 valence electrons. The summed E-state index contributed by atoms with van der Waals surface area (Å²) in [5.41, 5.74) is 2.06. The molecule has 2 aromatic carbocycles. The van der Waals surface area contributed by atoms with Gasteiger partial charge in [-0.25, -0.2) is 13.2 Å². The van der Waals surface area contributed by atoms with Crippen LogP contribution in [0.4, 0.5) is 11.4 Å². The van der Waals surface area contributed by atoms with Crippen molar-refractivity contribution in [2.45, 2.75) is 13.8 Å². The second-order valence-corrected chi connectivity index (χ2v) is 7.93. The molecule has 0 unspecified atom stereocenters. The van der Waals surface area contributed by atoms with Crippen molar-refractivity contribution in [1.29, 1.82) is 0 Å². The molecule has 0 saturated heterocycles. The maximum atomic E-state index is 12.4. The minimum Gasteiger partial charge on any atom is -0.462 e. The van der Waals surface area contributed by atoms with Crippen LogP contribution in [0, 0.1) is 6.92 Å². The van der Waals surface area contributed by atoms with Crippen LogP contribution in [0.5, 0.6) is 0 Å². The Morgan fingerprint density at radius 1 is 1.07 bits per heavy atom. The third-order valence-electron chi connectivity index (χ3n) is 3.51. The van der Waals surface area contributed by atoms with Gasteiger partial charge in [-0.1, -0.05) is 11.6 Å². The quantitative estimate of drug-likeness (QED) is 0.710. The van der Waals surface area contributed by atoms with Crippen LogP contribution in [0.25, 0.3) is 0 Å². The van der Waals surface area contributed by atoms with Crippen molar-refractivity contribution < 1.29 is 22.7 Å². The van der Waals surface area contributed by atoms with E-state index in [1.54, 1.807) is 32.0 Å². The maximum absolute atomic E-state index is 12.4. The van der Waals surface area contributed by atoms with Gasteiger partial charge in [0.15, 0.2) is 0 Å². The van der Waals surface area contributed by atoms with Gasteiger partial charge in [0.1, 0.15) is 0 Å². The lowest BCUT2D eigenvalue weighted by Crippen LogP contribution is -2.14. The Balaban J connectivity index is 2.17. The summed E-state index contributed by atoms with van der Waals surface area (Å²) in [5.74, 6) is -0.853. The number of carbonyl (C=O) groups is 2. The topological polar surface area (TPSA) is 102 Å². The van der Waals surface area contributed by atoms with Crippen molar-refractivity contribution in [3.63, 3.8) is 0 Å². The van der Waals surface area contributed by atoms with Gasteiger partial charge in [-0.05, 0) is 55.8 Å². The number of benzene rings is 2. The Bertz CT molecular complexity index is 989. The second kappa shape index (κ2) is 8.41. The van der Waals surface area contributed by atoms with Crippen molar-refractivity contribution >= 4 is 44.9 Å². The molecule has 0 saturated carbocycles. The zero-order valence-corrected chi connectivity index (χ0v) is 16.6. The van der Waals surface area contributed by atoms with E-state index in [1.807, 2.05) is 0 Å². The van der Waals surface area contributed by atoms with Crippen LogP contribution in [0.1, 0.15) is 33.2 Å². The van der Waals surface area contributed by atoms with E-state index in [-0.39, 0.29) is 22.9 Å². The first-order valence-electron chi connectivity index (χ1n) is 7.97. The normalized spacial score (nSPS) is 11.0. The first kappa shape index (κ1) is 20.7. The van der Waals surface area contributed by atoms with E-state index in [9.17, 15) is 18.0 Å². The van der Waals surface area contributed by atoms with E-state index in [1.165, 1.54) is 18.2 Å². The first-order valence-corrected chi connectivity index (χ1v) is 10.2. The van der Waals surface area contributed by atoms with Gasteiger partial charge in [0.25, 0.3) is 5.91 Å². The molecule has 0 fully saturated rings. The molecule has 0 aliphatic carbocycles. The molecule has 2 aromatic rings. The first-order chi connectivity index (χ1) is 12.6. The van der Waals surface area contributed by atoms with Crippen LogP contribution in [-0.2, 0) is 14.8 Å². The average molecular weight is 411 g/mol. The number of nitrogens with one attached hydrogen (secondary N) is 2. The number of ether oxygens (including phenoxy) is 1. The van der Waals surface area contributed by atoms with E-state index < -0.39 is 21.9 Å². The summed E-state index contributed by atoms with van der Waals surface area (Å²) >= 11 is 6.04. The highest BCUT2D eigenvalue weighted by Gasteiger charge is 2.14. The van der Waals surface area contributed by atoms with Gasteiger partial charge in [0.2, 0.25) is 10.0 Å². The van der Waals surface area contributed by atoms with Crippen LogP contribution >= 0.6 is 11.6 Å². The molecule has 0 bridgehead atoms. The molecule has 2 rings (SSSR count). The number of sulfonamides is 1. The van der Waals surface area contributed by atoms with E-state index >= 15 is 0 Å². The standard InChI is InChI=1S/C18H19ClN2O5S/c1-4-26-18(23)13-6-7-15(11(2)9-13)20-17(22)12-5-8-16(14(19)10-12)21-27(3,24)25/h5-10,21H,4H2,1-3H3,(H,20,22). The number of halogens is 1. The molecule has 0 aromatic heterocycles. The maximum Gasteiger partial charge on any atom is 0.338 e. The fourth-order valence-corrected chi connectivity index (χ4v) is 3.14. The molecule has 0 atom stereocenters. The van der Waals surface area contributed by atoms with Gasteiger partial charge in [0.05, 0.1) is 29.1 Å². The number of amides is 1. The summed E-state index contributed by atoms with van der Waals surface area (Å²) < 4.78 is 29.8. The number of esters is 1. The molecule has 0 heterocycles. The summed E-state index contributed by atoms with van der Waals surface area (Å²) in [6.45, 7) is 3.76. The Labute approximate surface area is 162 Å². The molecule has 27 heavy (non-hydrogen) atoms. The molecule has 0 aliphatic rings. The van der Waals surface area contributed by atoms with Crippen molar-refractivity contribution in [2.75, 3.05) is 22.9 Å². The molecule has 0 radical (unpaired) electrons. The lowest BCUT2D eigenvalue weighted by atomic mass is 10.1. The van der Waals surface area contributed by atoms with Crippen LogP contribution in [-0.4, -0.2) is 33.2 Å². The zero-order chi connectivity index (χ0) is 20.2. The fourth-order valence-electron chi connectivity index (χ4n) is 2.28. The molecular formula is C18H19ClN2O5S. The van der Waals surface area contributed by atoms with Gasteiger partial charge in [0, 0.05) is 11.3 Å². The molecule has 0 aliphatic heterocycles. The van der Waals surface area contributed by atoms with E-state index in [2.05, 4.69) is 10.0 Å². The summed E-state index contributed by atoms with van der Waals surface area (Å²) in [7, 11) is -3.48. The van der Waals surface area contributed by atoms with Gasteiger partial charge < -0.3 is 10.1 Å². The van der Waals surface area contributed by atoms with Crippen LogP contribution < -0.4 is 10.0 Å². The number of anilines is 2. The fraction of sp³-hybridized carbons (Fsp3) is 0.222. The Morgan fingerprint density at radius 2 is 1.70 bits per heavy atom. The number of hydrogen-bond acceptors (Lipinski definition) is 5. The molecule has 1 amide bonds. The summed E-state index contributed by atoms with van der Waals surface area (Å²) in [6.07, 6.45) is 1.01. The number of aryl methyl sites for hydroxylation is 1. The monoisotopic (exact) mass is 410 g/mol. The van der Waals surface area contributed by atoms with Crippen LogP contribution in [0.2, 0.25) is 5.02 Å². The highest BCUT2D eigenvalue weighted by atomic mass is 35.5. The number of rotatable bonds is 6.